The van der Waals surface area contributed by atoms with Crippen LogP contribution in [0.5, 0.6) is 0 Å². The number of H-pyrrole nitrogens is 2. The van der Waals surface area contributed by atoms with Crippen LogP contribution in [0.3, 0.4) is 0 Å². The summed E-state index contributed by atoms with van der Waals surface area (Å²) in [7, 11) is 0. The molecule has 4 nitrogen and oxygen atoms in total. The van der Waals surface area contributed by atoms with E-state index < -0.39 is 0 Å². The predicted octanol–water partition coefficient (Wildman–Crippen LogP) is 2.48. The number of nitrogens with zero attached hydrogens (tertiary/aromatic N) is 1. The van der Waals surface area contributed by atoms with Gasteiger partial charge >= 0.3 is 5.69 Å². The minimum absolute atomic E-state index is 0.291. The van der Waals surface area contributed by atoms with E-state index in [9.17, 15) is 4.79 Å². The highest BCUT2D eigenvalue weighted by Gasteiger charge is 2.07. The molecule has 0 aliphatic rings. The Kier molecular flexibility index (Phi) is 2.98. The Morgan fingerprint density at radius 1 is 1.40 bits per heavy atom. The lowest BCUT2D eigenvalue weighted by atomic mass is 10.3. The van der Waals surface area contributed by atoms with Gasteiger partial charge in [-0.1, -0.05) is 11.6 Å². The quantitative estimate of drug-likeness (QED) is 0.611. The first kappa shape index (κ1) is 10.9. The summed E-state index contributed by atoms with van der Waals surface area (Å²) in [5, 5.41) is 5.63. The third-order valence-corrected chi connectivity index (χ3v) is 3.22. The molecule has 2 N–H and O–H groups in total. The Balaban J connectivity index is 2.75. The fourth-order valence-electron chi connectivity index (χ4n) is 1.19. The van der Waals surface area contributed by atoms with E-state index in [-0.39, 0.29) is 5.69 Å². The molecule has 0 unspecified atom stereocenters. The molecule has 1 aromatic heterocycles. The van der Waals surface area contributed by atoms with Crippen LogP contribution in [-0.2, 0) is 0 Å². The highest BCUT2D eigenvalue weighted by atomic mass is 127. The molecule has 15 heavy (non-hydrogen) atoms. The van der Waals surface area contributed by atoms with Crippen molar-refractivity contribution in [3.05, 3.63) is 42.0 Å². The van der Waals surface area contributed by atoms with Gasteiger partial charge in [-0.3, -0.25) is 5.10 Å². The Labute approximate surface area is 108 Å². The zero-order valence-electron chi connectivity index (χ0n) is 7.25. The van der Waals surface area contributed by atoms with Crippen LogP contribution in [0.2, 0.25) is 5.02 Å². The zero-order valence-corrected chi connectivity index (χ0v) is 11.0. The monoisotopic (exact) mass is 353 g/mol. The van der Waals surface area contributed by atoms with Crippen LogP contribution >= 0.6 is 46.4 Å². The van der Waals surface area contributed by atoms with E-state index in [4.69, 9.17) is 23.8 Å². The van der Waals surface area contributed by atoms with Gasteiger partial charge in [0.15, 0.2) is 0 Å². The lowest BCUT2D eigenvalue weighted by Gasteiger charge is -2.03. The van der Waals surface area contributed by atoms with Crippen molar-refractivity contribution in [2.45, 2.75) is 0 Å². The van der Waals surface area contributed by atoms with E-state index in [1.807, 2.05) is 0 Å². The largest absolute Gasteiger partial charge is 0.347 e. The summed E-state index contributed by atoms with van der Waals surface area (Å²) in [6.45, 7) is 0. The summed E-state index contributed by atoms with van der Waals surface area (Å²) >= 11 is 12.9. The first-order valence-electron chi connectivity index (χ1n) is 3.95. The Morgan fingerprint density at radius 2 is 2.13 bits per heavy atom. The normalized spacial score (nSPS) is 10.5. The molecule has 0 fully saturated rings. The van der Waals surface area contributed by atoms with Gasteiger partial charge in [-0.25, -0.2) is 14.5 Å². The summed E-state index contributed by atoms with van der Waals surface area (Å²) in [4.78, 5) is 11.5. The summed E-state index contributed by atoms with van der Waals surface area (Å²) < 4.78 is 2.58. The topological polar surface area (TPSA) is 53.6 Å². The van der Waals surface area contributed by atoms with Crippen LogP contribution in [0.25, 0.3) is 5.69 Å². The van der Waals surface area contributed by atoms with Gasteiger partial charge < -0.3 is 0 Å². The maximum Gasteiger partial charge on any atom is 0.347 e. The molecule has 2 aromatic rings. The van der Waals surface area contributed by atoms with Crippen molar-refractivity contribution in [3.8, 4) is 5.69 Å². The first-order valence-corrected chi connectivity index (χ1v) is 5.81. The van der Waals surface area contributed by atoms with Crippen LogP contribution in [0.4, 0.5) is 0 Å². The maximum absolute atomic E-state index is 11.5. The fraction of sp³-hybridized carbons (Fsp3) is 0. The van der Waals surface area contributed by atoms with Gasteiger partial charge in [0.1, 0.15) is 0 Å². The highest BCUT2D eigenvalue weighted by Crippen LogP contribution is 2.20. The van der Waals surface area contributed by atoms with E-state index in [1.165, 1.54) is 4.57 Å². The van der Waals surface area contributed by atoms with Crippen LogP contribution in [0, 0.1) is 8.34 Å². The molecule has 0 aliphatic heterocycles. The van der Waals surface area contributed by atoms with Crippen molar-refractivity contribution >= 4 is 46.4 Å². The van der Waals surface area contributed by atoms with Gasteiger partial charge in [0.2, 0.25) is 4.77 Å². The Bertz CT molecular complexity index is 587. The molecule has 0 spiro atoms. The lowest BCUT2D eigenvalue weighted by molar-refractivity contribution is 0.969. The minimum atomic E-state index is -0.291. The van der Waals surface area contributed by atoms with Crippen molar-refractivity contribution in [3.63, 3.8) is 0 Å². The molecule has 1 heterocycles. The summed E-state index contributed by atoms with van der Waals surface area (Å²) in [5.41, 5.74) is 0.424. The molecule has 0 saturated carbocycles. The number of benzene rings is 1. The molecule has 2 rings (SSSR count). The highest BCUT2D eigenvalue weighted by molar-refractivity contribution is 14.1. The minimum Gasteiger partial charge on any atom is -0.272 e. The smallest absolute Gasteiger partial charge is 0.272 e. The summed E-state index contributed by atoms with van der Waals surface area (Å²) in [6, 6.07) is 5.24. The molecular formula is C8H5ClIN3OS. The number of halogens is 2. The molecule has 0 aliphatic carbocycles. The lowest BCUT2D eigenvalue weighted by Crippen LogP contribution is -2.15. The van der Waals surface area contributed by atoms with E-state index in [0.717, 1.165) is 3.57 Å². The second-order valence-corrected chi connectivity index (χ2v) is 4.78. The summed E-state index contributed by atoms with van der Waals surface area (Å²) in [5.74, 6) is 0. The molecule has 0 amide bonds. The van der Waals surface area contributed by atoms with Gasteiger partial charge in [0.05, 0.1) is 5.69 Å². The maximum atomic E-state index is 11.5. The van der Waals surface area contributed by atoms with Crippen LogP contribution in [0.1, 0.15) is 0 Å². The van der Waals surface area contributed by atoms with E-state index in [2.05, 4.69) is 32.8 Å². The number of hydrogen-bond acceptors (Lipinski definition) is 2. The number of aromatic nitrogens is 3. The average molecular weight is 354 g/mol. The number of nitrogens with one attached hydrogen (secondary N) is 2. The molecule has 0 radical (unpaired) electrons. The third-order valence-electron chi connectivity index (χ3n) is 1.83. The van der Waals surface area contributed by atoms with Gasteiger partial charge in [0, 0.05) is 8.59 Å². The fourth-order valence-corrected chi connectivity index (χ4v) is 2.54. The van der Waals surface area contributed by atoms with Gasteiger partial charge in [-0.05, 0) is 53.0 Å². The van der Waals surface area contributed by atoms with Crippen molar-refractivity contribution in [1.29, 1.82) is 0 Å². The molecule has 0 atom stereocenters. The van der Waals surface area contributed by atoms with E-state index in [0.29, 0.717) is 15.5 Å². The van der Waals surface area contributed by atoms with Gasteiger partial charge in [-0.2, -0.15) is 0 Å². The standard InChI is InChI=1S/C8H5ClIN3OS/c9-4-1-2-6(5(10)3-4)13-7(14)11-12-8(13)15/h1-3H,(H,11,14)(H,12,15). The van der Waals surface area contributed by atoms with E-state index >= 15 is 0 Å². The number of hydrogen-bond donors (Lipinski definition) is 2. The molecule has 0 bridgehead atoms. The van der Waals surface area contributed by atoms with Gasteiger partial charge in [-0.15, -0.1) is 0 Å². The molecule has 78 valence electrons. The van der Waals surface area contributed by atoms with Gasteiger partial charge in [0.25, 0.3) is 0 Å². The molecule has 1 aromatic carbocycles. The SMILES string of the molecule is O=c1[nH][nH]c(=S)n1-c1ccc(Cl)cc1I. The van der Waals surface area contributed by atoms with Crippen molar-refractivity contribution in [1.82, 2.24) is 14.8 Å². The molecule has 0 saturated heterocycles. The average Bonchev–Trinajstić information content (AvgIpc) is 2.48. The van der Waals surface area contributed by atoms with Crippen LogP contribution in [0.15, 0.2) is 23.0 Å². The third kappa shape index (κ3) is 2.01. The number of aromatic amines is 2. The predicted molar refractivity (Wildman–Crippen MR) is 69.3 cm³/mol. The van der Waals surface area contributed by atoms with E-state index in [1.54, 1.807) is 18.2 Å². The molecule has 7 heteroatoms. The van der Waals surface area contributed by atoms with Crippen molar-refractivity contribution in [2.75, 3.05) is 0 Å². The summed E-state index contributed by atoms with van der Waals surface area (Å²) in [6.07, 6.45) is 0. The second-order valence-electron chi connectivity index (χ2n) is 2.79. The second kappa shape index (κ2) is 4.11. The molecular weight excluding hydrogens is 349 g/mol. The Morgan fingerprint density at radius 3 is 2.67 bits per heavy atom. The Hall–Kier alpha value is -0.600. The van der Waals surface area contributed by atoms with Crippen molar-refractivity contribution in [2.24, 2.45) is 0 Å². The van der Waals surface area contributed by atoms with Crippen LogP contribution < -0.4 is 5.69 Å². The first-order chi connectivity index (χ1) is 7.09. The number of rotatable bonds is 1. The zero-order chi connectivity index (χ0) is 11.0. The van der Waals surface area contributed by atoms with Crippen LogP contribution in [-0.4, -0.2) is 14.8 Å². The van der Waals surface area contributed by atoms with Crippen molar-refractivity contribution < 1.29 is 0 Å².